The SMILES string of the molecule is O=C(CC(O)c1ccccc1)N1CCCC1c1ccc(F)cc1. The average molecular weight is 313 g/mol. The highest BCUT2D eigenvalue weighted by Crippen LogP contribution is 2.33. The van der Waals surface area contributed by atoms with Crippen molar-refractivity contribution >= 4 is 5.91 Å². The normalized spacial score (nSPS) is 18.9. The monoisotopic (exact) mass is 313 g/mol. The van der Waals surface area contributed by atoms with Crippen molar-refractivity contribution in [1.82, 2.24) is 4.90 Å². The number of hydrogen-bond donors (Lipinski definition) is 1. The van der Waals surface area contributed by atoms with Crippen LogP contribution in [0, 0.1) is 5.82 Å². The maximum Gasteiger partial charge on any atom is 0.226 e. The zero-order valence-corrected chi connectivity index (χ0v) is 12.9. The number of hydrogen-bond acceptors (Lipinski definition) is 2. The van der Waals surface area contributed by atoms with E-state index in [1.807, 2.05) is 30.3 Å². The fraction of sp³-hybridized carbons (Fsp3) is 0.316. The number of rotatable bonds is 4. The van der Waals surface area contributed by atoms with Gasteiger partial charge in [-0.3, -0.25) is 4.79 Å². The van der Waals surface area contributed by atoms with Crippen LogP contribution in [-0.2, 0) is 4.79 Å². The van der Waals surface area contributed by atoms with Crippen LogP contribution in [-0.4, -0.2) is 22.5 Å². The van der Waals surface area contributed by atoms with Crippen LogP contribution in [0.5, 0.6) is 0 Å². The largest absolute Gasteiger partial charge is 0.388 e. The van der Waals surface area contributed by atoms with Gasteiger partial charge in [0.25, 0.3) is 0 Å². The minimum Gasteiger partial charge on any atom is -0.388 e. The molecule has 0 radical (unpaired) electrons. The predicted octanol–water partition coefficient (Wildman–Crippen LogP) is 3.61. The van der Waals surface area contributed by atoms with Crippen LogP contribution in [0.15, 0.2) is 54.6 Å². The van der Waals surface area contributed by atoms with Gasteiger partial charge in [0.2, 0.25) is 5.91 Å². The van der Waals surface area contributed by atoms with Crippen molar-refractivity contribution in [1.29, 1.82) is 0 Å². The fourth-order valence-corrected chi connectivity index (χ4v) is 3.17. The smallest absolute Gasteiger partial charge is 0.226 e. The third-order valence-electron chi connectivity index (χ3n) is 4.38. The van der Waals surface area contributed by atoms with E-state index in [4.69, 9.17) is 0 Å². The lowest BCUT2D eigenvalue weighted by Crippen LogP contribution is -2.31. The highest BCUT2D eigenvalue weighted by molar-refractivity contribution is 5.77. The molecular formula is C19H20FNO2. The topological polar surface area (TPSA) is 40.5 Å². The molecule has 0 aromatic heterocycles. The molecule has 2 aromatic carbocycles. The second-order valence-electron chi connectivity index (χ2n) is 5.93. The zero-order valence-electron chi connectivity index (χ0n) is 12.9. The molecule has 0 bridgehead atoms. The summed E-state index contributed by atoms with van der Waals surface area (Å²) in [5.41, 5.74) is 1.70. The number of aliphatic hydroxyl groups excluding tert-OH is 1. The number of likely N-dealkylation sites (tertiary alicyclic amines) is 1. The molecule has 0 aliphatic carbocycles. The van der Waals surface area contributed by atoms with Gasteiger partial charge in [-0.15, -0.1) is 0 Å². The quantitative estimate of drug-likeness (QED) is 0.936. The number of benzene rings is 2. The molecule has 1 aliphatic rings. The van der Waals surface area contributed by atoms with Gasteiger partial charge >= 0.3 is 0 Å². The first-order valence-electron chi connectivity index (χ1n) is 7.93. The Hall–Kier alpha value is -2.20. The molecule has 3 nitrogen and oxygen atoms in total. The minimum absolute atomic E-state index is 0.0222. The van der Waals surface area contributed by atoms with E-state index in [2.05, 4.69) is 0 Å². The van der Waals surface area contributed by atoms with E-state index >= 15 is 0 Å². The predicted molar refractivity (Wildman–Crippen MR) is 86.1 cm³/mol. The minimum atomic E-state index is -0.793. The lowest BCUT2D eigenvalue weighted by Gasteiger charge is -2.26. The van der Waals surface area contributed by atoms with Crippen molar-refractivity contribution in [3.8, 4) is 0 Å². The van der Waals surface area contributed by atoms with E-state index < -0.39 is 6.10 Å². The number of carbonyl (C=O) groups excluding carboxylic acids is 1. The van der Waals surface area contributed by atoms with Crippen molar-refractivity contribution in [2.24, 2.45) is 0 Å². The van der Waals surface area contributed by atoms with Gasteiger partial charge in [-0.1, -0.05) is 42.5 Å². The molecule has 0 spiro atoms. The van der Waals surface area contributed by atoms with Crippen molar-refractivity contribution in [2.75, 3.05) is 6.54 Å². The molecule has 0 saturated carbocycles. The molecule has 3 rings (SSSR count). The summed E-state index contributed by atoms with van der Waals surface area (Å²) in [5.74, 6) is -0.336. The summed E-state index contributed by atoms with van der Waals surface area (Å²) in [6, 6.07) is 15.5. The molecule has 1 amide bonds. The van der Waals surface area contributed by atoms with Gasteiger partial charge in [-0.2, -0.15) is 0 Å². The molecule has 1 fully saturated rings. The Morgan fingerprint density at radius 1 is 1.17 bits per heavy atom. The molecule has 2 atom stereocenters. The first kappa shape index (κ1) is 15.7. The maximum absolute atomic E-state index is 13.1. The Kier molecular flexibility index (Phi) is 4.72. The molecule has 120 valence electrons. The van der Waals surface area contributed by atoms with Crippen LogP contribution in [0.2, 0.25) is 0 Å². The van der Waals surface area contributed by atoms with Gasteiger partial charge in [0.05, 0.1) is 18.6 Å². The van der Waals surface area contributed by atoms with Crippen LogP contribution < -0.4 is 0 Å². The summed E-state index contributed by atoms with van der Waals surface area (Å²) in [6.07, 6.45) is 1.08. The first-order valence-corrected chi connectivity index (χ1v) is 7.93. The fourth-order valence-electron chi connectivity index (χ4n) is 3.17. The van der Waals surface area contributed by atoms with Crippen LogP contribution in [0.25, 0.3) is 0 Å². The van der Waals surface area contributed by atoms with E-state index in [-0.39, 0.29) is 24.2 Å². The van der Waals surface area contributed by atoms with Crippen LogP contribution in [0.3, 0.4) is 0 Å². The Morgan fingerprint density at radius 3 is 2.57 bits per heavy atom. The van der Waals surface area contributed by atoms with Crippen molar-refractivity contribution in [2.45, 2.75) is 31.4 Å². The lowest BCUT2D eigenvalue weighted by atomic mass is 10.0. The standard InChI is InChI=1S/C19H20FNO2/c20-16-10-8-14(9-11-16)17-7-4-12-21(17)19(23)13-18(22)15-5-2-1-3-6-15/h1-3,5-6,8-11,17-18,22H,4,7,12-13H2. The van der Waals surface area contributed by atoms with E-state index in [0.717, 1.165) is 24.0 Å². The molecule has 1 heterocycles. The second kappa shape index (κ2) is 6.92. The van der Waals surface area contributed by atoms with Crippen LogP contribution in [0.4, 0.5) is 4.39 Å². The highest BCUT2D eigenvalue weighted by Gasteiger charge is 2.30. The van der Waals surface area contributed by atoms with Crippen molar-refractivity contribution < 1.29 is 14.3 Å². The number of nitrogens with zero attached hydrogens (tertiary/aromatic N) is 1. The lowest BCUT2D eigenvalue weighted by molar-refractivity contribution is -0.134. The van der Waals surface area contributed by atoms with E-state index in [1.54, 1.807) is 17.0 Å². The summed E-state index contributed by atoms with van der Waals surface area (Å²) in [5, 5.41) is 10.2. The number of carbonyl (C=O) groups is 1. The first-order chi connectivity index (χ1) is 11.1. The number of aliphatic hydroxyl groups is 1. The summed E-state index contributed by atoms with van der Waals surface area (Å²) < 4.78 is 13.1. The third kappa shape index (κ3) is 3.59. The summed E-state index contributed by atoms with van der Waals surface area (Å²) in [6.45, 7) is 0.683. The average Bonchev–Trinajstić information content (AvgIpc) is 3.06. The van der Waals surface area contributed by atoms with E-state index in [9.17, 15) is 14.3 Å². The second-order valence-corrected chi connectivity index (χ2v) is 5.93. The van der Waals surface area contributed by atoms with Crippen molar-refractivity contribution in [3.05, 3.63) is 71.5 Å². The van der Waals surface area contributed by atoms with Gasteiger partial charge in [0.15, 0.2) is 0 Å². The van der Waals surface area contributed by atoms with Gasteiger partial charge in [-0.25, -0.2) is 4.39 Å². The Labute approximate surface area is 135 Å². The third-order valence-corrected chi connectivity index (χ3v) is 4.38. The van der Waals surface area contributed by atoms with E-state index in [0.29, 0.717) is 6.54 Å². The zero-order chi connectivity index (χ0) is 16.2. The molecule has 1 aliphatic heterocycles. The molecular weight excluding hydrogens is 293 g/mol. The molecule has 4 heteroatoms. The molecule has 1 saturated heterocycles. The van der Waals surface area contributed by atoms with Crippen LogP contribution >= 0.6 is 0 Å². The number of halogens is 1. The summed E-state index contributed by atoms with van der Waals surface area (Å²) in [7, 11) is 0. The van der Waals surface area contributed by atoms with E-state index in [1.165, 1.54) is 12.1 Å². The van der Waals surface area contributed by atoms with Gasteiger partial charge in [0.1, 0.15) is 5.82 Å². The molecule has 2 unspecified atom stereocenters. The van der Waals surface area contributed by atoms with Gasteiger partial charge < -0.3 is 10.0 Å². The molecule has 1 N–H and O–H groups in total. The summed E-state index contributed by atoms with van der Waals surface area (Å²) >= 11 is 0. The maximum atomic E-state index is 13.1. The molecule has 23 heavy (non-hydrogen) atoms. The van der Waals surface area contributed by atoms with Gasteiger partial charge in [-0.05, 0) is 36.1 Å². The van der Waals surface area contributed by atoms with Crippen LogP contribution in [0.1, 0.15) is 42.5 Å². The Balaban J connectivity index is 1.69. The Morgan fingerprint density at radius 2 is 1.87 bits per heavy atom. The molecule has 2 aromatic rings. The highest BCUT2D eigenvalue weighted by atomic mass is 19.1. The number of amides is 1. The van der Waals surface area contributed by atoms with Gasteiger partial charge in [0, 0.05) is 6.54 Å². The summed E-state index contributed by atoms with van der Waals surface area (Å²) in [4.78, 5) is 14.4. The van der Waals surface area contributed by atoms with Crippen molar-refractivity contribution in [3.63, 3.8) is 0 Å². The Bertz CT molecular complexity index is 657.